The molecule has 31 heavy (non-hydrogen) atoms. The van der Waals surface area contributed by atoms with E-state index in [0.717, 1.165) is 11.5 Å². The van der Waals surface area contributed by atoms with Crippen LogP contribution in [-0.2, 0) is 25.1 Å². The van der Waals surface area contributed by atoms with Crippen molar-refractivity contribution in [3.63, 3.8) is 0 Å². The summed E-state index contributed by atoms with van der Waals surface area (Å²) in [6.07, 6.45) is 1.67. The number of hydrogen-bond donors (Lipinski definition) is 3. The number of rotatable bonds is 4. The molecule has 0 aliphatic heterocycles. The lowest BCUT2D eigenvalue weighted by Crippen LogP contribution is -2.59. The Morgan fingerprint density at radius 1 is 0.774 bits per heavy atom. The molecule has 3 N–H and O–H groups in total. The summed E-state index contributed by atoms with van der Waals surface area (Å²) in [6, 6.07) is 17.4. The molecule has 0 heterocycles. The largest absolute Gasteiger partial charge is 0.366 e. The van der Waals surface area contributed by atoms with Gasteiger partial charge in [0.1, 0.15) is 0 Å². The molecule has 1 aliphatic rings. The van der Waals surface area contributed by atoms with Crippen LogP contribution in [0.2, 0.25) is 0 Å². The predicted octanol–water partition coefficient (Wildman–Crippen LogP) is 3.27. The van der Waals surface area contributed by atoms with Crippen LogP contribution < -0.4 is 0 Å². The van der Waals surface area contributed by atoms with Crippen LogP contribution in [0, 0.1) is 0 Å². The van der Waals surface area contributed by atoms with Gasteiger partial charge in [-0.3, -0.25) is 9.11 Å². The zero-order chi connectivity index (χ0) is 22.5. The van der Waals surface area contributed by atoms with Crippen LogP contribution >= 0.6 is 0 Å². The molecule has 0 fully saturated rings. The minimum atomic E-state index is -5.53. The zero-order valence-corrected chi connectivity index (χ0v) is 17.3. The molecule has 4 rings (SSSR count). The molecule has 0 spiro atoms. The summed E-state index contributed by atoms with van der Waals surface area (Å²) in [6.45, 7) is 0. The third-order valence-corrected chi connectivity index (χ3v) is 7.84. The first-order valence-electron chi connectivity index (χ1n) is 8.87. The number of nitrogens with zero attached hydrogens (tertiary/aromatic N) is 2. The van der Waals surface area contributed by atoms with Crippen LogP contribution in [0.5, 0.6) is 0 Å². The average Bonchev–Trinajstić information content (AvgIpc) is 2.71. The molecule has 0 radical (unpaired) electrons. The summed E-state index contributed by atoms with van der Waals surface area (Å²) >= 11 is 0. The first kappa shape index (κ1) is 21.3. The lowest BCUT2D eigenvalue weighted by Gasteiger charge is -2.39. The molecule has 1 aliphatic carbocycles. The third kappa shape index (κ3) is 3.09. The van der Waals surface area contributed by atoms with E-state index in [1.54, 1.807) is 36.4 Å². The number of fused-ring (bicyclic) bond motifs is 2. The topological polar surface area (TPSA) is 154 Å². The van der Waals surface area contributed by atoms with Crippen molar-refractivity contribution in [2.45, 2.75) is 9.80 Å². The first-order chi connectivity index (χ1) is 14.5. The van der Waals surface area contributed by atoms with E-state index in [4.69, 9.17) is 0 Å². The van der Waals surface area contributed by atoms with E-state index in [1.165, 1.54) is 30.3 Å². The summed E-state index contributed by atoms with van der Waals surface area (Å²) in [5.74, 6) is 0. The lowest BCUT2D eigenvalue weighted by molar-refractivity contribution is 0.104. The van der Waals surface area contributed by atoms with Crippen molar-refractivity contribution >= 4 is 42.8 Å². The minimum Gasteiger partial charge on any atom is -0.366 e. The molecule has 0 bridgehead atoms. The van der Waals surface area contributed by atoms with Crippen LogP contribution in [0.3, 0.4) is 0 Å². The van der Waals surface area contributed by atoms with Gasteiger partial charge in [-0.15, -0.1) is 0 Å². The van der Waals surface area contributed by atoms with Crippen molar-refractivity contribution < 1.29 is 31.0 Å². The van der Waals surface area contributed by atoms with Crippen molar-refractivity contribution in [1.29, 1.82) is 0 Å². The Morgan fingerprint density at radius 2 is 1.42 bits per heavy atom. The highest BCUT2D eigenvalue weighted by Gasteiger charge is 2.69. The lowest BCUT2D eigenvalue weighted by atomic mass is 9.90. The normalized spacial score (nSPS) is 23.8. The van der Waals surface area contributed by atoms with Gasteiger partial charge in [0.25, 0.3) is 9.80 Å². The van der Waals surface area contributed by atoms with E-state index in [0.29, 0.717) is 11.5 Å². The van der Waals surface area contributed by atoms with E-state index in [2.05, 4.69) is 10.2 Å². The monoisotopic (exact) mass is 460 g/mol. The SMILES string of the molecule is O=S(=O)(O)C1(O)C=Cc2ccccc2C1(/N=N/c1cccc2ccccc12)S(=O)(=O)O. The van der Waals surface area contributed by atoms with E-state index >= 15 is 0 Å². The van der Waals surface area contributed by atoms with Crippen LogP contribution in [0.4, 0.5) is 5.69 Å². The Hall–Kier alpha value is -2.96. The van der Waals surface area contributed by atoms with Crippen LogP contribution in [0.25, 0.3) is 16.8 Å². The summed E-state index contributed by atoms with van der Waals surface area (Å²) in [4.78, 5) is -6.83. The number of benzene rings is 3. The second kappa shape index (κ2) is 7.04. The van der Waals surface area contributed by atoms with Crippen molar-refractivity contribution in [1.82, 2.24) is 0 Å². The van der Waals surface area contributed by atoms with Crippen LogP contribution in [0.15, 0.2) is 83.0 Å². The van der Waals surface area contributed by atoms with Crippen molar-refractivity contribution in [2.75, 3.05) is 0 Å². The molecule has 160 valence electrons. The smallest absolute Gasteiger partial charge is 0.303 e. The Labute approximate surface area is 177 Å². The molecule has 2 unspecified atom stereocenters. The summed E-state index contributed by atoms with van der Waals surface area (Å²) in [5.41, 5.74) is -0.0553. The number of aliphatic hydroxyl groups is 1. The zero-order valence-electron chi connectivity index (χ0n) is 15.7. The molecule has 0 aromatic heterocycles. The number of azo groups is 1. The fraction of sp³-hybridized carbons (Fsp3) is 0.100. The van der Waals surface area contributed by atoms with Gasteiger partial charge in [-0.25, -0.2) is 0 Å². The van der Waals surface area contributed by atoms with Gasteiger partial charge in [0.2, 0.25) is 0 Å². The molecule has 3 aromatic carbocycles. The molecule has 0 saturated carbocycles. The van der Waals surface area contributed by atoms with E-state index < -0.39 is 30.0 Å². The van der Waals surface area contributed by atoms with Gasteiger partial charge in [0, 0.05) is 10.9 Å². The molecule has 9 nitrogen and oxygen atoms in total. The third-order valence-electron chi connectivity index (χ3n) is 5.13. The van der Waals surface area contributed by atoms with Gasteiger partial charge >= 0.3 is 20.2 Å². The van der Waals surface area contributed by atoms with Gasteiger partial charge in [0.05, 0.1) is 5.69 Å². The summed E-state index contributed by atoms with van der Waals surface area (Å²) in [7, 11) is -11.0. The van der Waals surface area contributed by atoms with Crippen LogP contribution in [0.1, 0.15) is 11.1 Å². The second-order valence-corrected chi connectivity index (χ2v) is 10.0. The minimum absolute atomic E-state index is 0.158. The highest BCUT2D eigenvalue weighted by atomic mass is 32.2. The molecular weight excluding hydrogens is 444 g/mol. The molecule has 2 atom stereocenters. The molecule has 0 amide bonds. The van der Waals surface area contributed by atoms with Gasteiger partial charge in [-0.2, -0.15) is 27.1 Å². The Bertz CT molecular complexity index is 1460. The molecule has 0 saturated heterocycles. The Kier molecular flexibility index (Phi) is 4.83. The maximum Gasteiger partial charge on any atom is 0.303 e. The predicted molar refractivity (Wildman–Crippen MR) is 114 cm³/mol. The van der Waals surface area contributed by atoms with Gasteiger partial charge < -0.3 is 5.11 Å². The maximum atomic E-state index is 12.7. The quantitative estimate of drug-likeness (QED) is 0.399. The fourth-order valence-electron chi connectivity index (χ4n) is 3.64. The molecule has 3 aromatic rings. The van der Waals surface area contributed by atoms with Crippen molar-refractivity contribution in [2.24, 2.45) is 10.2 Å². The average molecular weight is 460 g/mol. The number of hydrogen-bond acceptors (Lipinski definition) is 7. The van der Waals surface area contributed by atoms with Gasteiger partial charge in [0.15, 0.2) is 0 Å². The fourth-order valence-corrected chi connectivity index (χ4v) is 6.06. The van der Waals surface area contributed by atoms with Crippen LogP contribution in [-0.4, -0.2) is 36.0 Å². The van der Waals surface area contributed by atoms with Crippen molar-refractivity contribution in [3.8, 4) is 0 Å². The summed E-state index contributed by atoms with van der Waals surface area (Å²) in [5, 5.41) is 19.9. The maximum absolute atomic E-state index is 12.7. The van der Waals surface area contributed by atoms with E-state index in [1.807, 2.05) is 0 Å². The second-order valence-electron chi connectivity index (χ2n) is 6.91. The van der Waals surface area contributed by atoms with E-state index in [9.17, 15) is 31.0 Å². The first-order valence-corrected chi connectivity index (χ1v) is 11.8. The molecule has 11 heteroatoms. The Morgan fingerprint density at radius 3 is 2.13 bits per heavy atom. The Balaban J connectivity index is 2.09. The molecular formula is C20H16N2O7S2. The summed E-state index contributed by atoms with van der Waals surface area (Å²) < 4.78 is 69.6. The highest BCUT2D eigenvalue weighted by molar-refractivity contribution is 7.91. The standard InChI is InChI=1S/C20H16N2O7S2/c23-19(30(24,25)26)13-12-15-7-2-4-10-17(15)20(19,31(27,28)29)22-21-18-11-5-8-14-6-1-3-9-16(14)18/h1-13,23H,(H,24,25,26)(H,27,28,29)/b22-21+. The van der Waals surface area contributed by atoms with E-state index in [-0.39, 0.29) is 16.8 Å². The van der Waals surface area contributed by atoms with Crippen molar-refractivity contribution in [3.05, 3.63) is 83.9 Å². The highest BCUT2D eigenvalue weighted by Crippen LogP contribution is 2.50. The van der Waals surface area contributed by atoms with Gasteiger partial charge in [-0.05, 0) is 23.1 Å². The van der Waals surface area contributed by atoms with Gasteiger partial charge in [-0.1, -0.05) is 66.7 Å².